The number of carbonyl (C=O) groups is 1. The molecule has 0 aliphatic heterocycles. The first-order valence-electron chi connectivity index (χ1n) is 7.90. The zero-order valence-corrected chi connectivity index (χ0v) is 14.9. The number of hydrogen-bond donors (Lipinski definition) is 1. The van der Waals surface area contributed by atoms with E-state index in [0.717, 1.165) is 5.56 Å². The Hall–Kier alpha value is -2.73. The molecule has 7 heteroatoms. The van der Waals surface area contributed by atoms with Crippen molar-refractivity contribution in [1.82, 2.24) is 9.78 Å². The Labute approximate surface area is 154 Å². The number of hydrogen-bond acceptors (Lipinski definition) is 2. The smallest absolute Gasteiger partial charge is 0.260 e. The molecule has 0 aliphatic rings. The van der Waals surface area contributed by atoms with E-state index in [0.29, 0.717) is 23.5 Å². The first-order chi connectivity index (χ1) is 12.3. The first-order valence-corrected chi connectivity index (χ1v) is 8.28. The van der Waals surface area contributed by atoms with Crippen LogP contribution in [0.15, 0.2) is 42.5 Å². The monoisotopic (exact) mass is 375 g/mol. The van der Waals surface area contributed by atoms with E-state index in [1.807, 2.05) is 0 Å². The minimum atomic E-state index is -0.424. The van der Waals surface area contributed by atoms with Gasteiger partial charge in [-0.25, -0.2) is 13.5 Å². The van der Waals surface area contributed by atoms with Gasteiger partial charge in [-0.15, -0.1) is 0 Å². The Bertz CT molecular complexity index is 968. The van der Waals surface area contributed by atoms with Gasteiger partial charge >= 0.3 is 0 Å². The summed E-state index contributed by atoms with van der Waals surface area (Å²) in [5.41, 5.74) is 2.62. The van der Waals surface area contributed by atoms with Gasteiger partial charge in [0.15, 0.2) is 0 Å². The van der Waals surface area contributed by atoms with Crippen LogP contribution in [0.4, 0.5) is 14.5 Å². The molecule has 0 unspecified atom stereocenters. The molecule has 1 heterocycles. The van der Waals surface area contributed by atoms with Gasteiger partial charge < -0.3 is 5.32 Å². The quantitative estimate of drug-likeness (QED) is 0.716. The highest BCUT2D eigenvalue weighted by atomic mass is 35.5. The summed E-state index contributed by atoms with van der Waals surface area (Å²) in [6.45, 7) is 3.69. The maximum Gasteiger partial charge on any atom is 0.260 e. The summed E-state index contributed by atoms with van der Waals surface area (Å²) >= 11 is 6.34. The van der Waals surface area contributed by atoms with E-state index < -0.39 is 5.91 Å². The highest BCUT2D eigenvalue weighted by Crippen LogP contribution is 2.24. The number of benzene rings is 2. The van der Waals surface area contributed by atoms with Crippen LogP contribution in [0, 0.1) is 25.5 Å². The third-order valence-electron chi connectivity index (χ3n) is 3.97. The Kier molecular flexibility index (Phi) is 5.04. The minimum Gasteiger partial charge on any atom is -0.322 e. The van der Waals surface area contributed by atoms with E-state index in [1.54, 1.807) is 26.0 Å². The van der Waals surface area contributed by atoms with Gasteiger partial charge in [-0.3, -0.25) is 4.79 Å². The van der Waals surface area contributed by atoms with Crippen LogP contribution >= 0.6 is 11.6 Å². The summed E-state index contributed by atoms with van der Waals surface area (Å²) in [6, 6.07) is 10.1. The molecule has 0 radical (unpaired) electrons. The van der Waals surface area contributed by atoms with E-state index in [-0.39, 0.29) is 22.4 Å². The van der Waals surface area contributed by atoms with E-state index in [2.05, 4.69) is 10.4 Å². The fourth-order valence-electron chi connectivity index (χ4n) is 2.63. The van der Waals surface area contributed by atoms with Crippen LogP contribution in [-0.2, 0) is 6.54 Å². The molecular formula is C19H16ClF2N3O. The zero-order chi connectivity index (χ0) is 18.8. The van der Waals surface area contributed by atoms with Crippen LogP contribution in [0.2, 0.25) is 5.15 Å². The number of rotatable bonds is 4. The van der Waals surface area contributed by atoms with Gasteiger partial charge in [0.05, 0.1) is 17.8 Å². The average Bonchev–Trinajstić information content (AvgIpc) is 2.86. The normalized spacial score (nSPS) is 10.8. The topological polar surface area (TPSA) is 46.9 Å². The van der Waals surface area contributed by atoms with Crippen LogP contribution in [-0.4, -0.2) is 15.7 Å². The second-order valence-electron chi connectivity index (χ2n) is 5.95. The lowest BCUT2D eigenvalue weighted by Gasteiger charge is -2.08. The Morgan fingerprint density at radius 2 is 1.77 bits per heavy atom. The Balaban J connectivity index is 1.84. The third-order valence-corrected chi connectivity index (χ3v) is 4.36. The standard InChI is InChI=1S/C19H16ClF2N3O/c1-11-9-15(22)7-8-16(11)23-19(26)17-12(2)24-25(18(17)20)10-13-3-5-14(21)6-4-13/h3-9H,10H2,1-2H3,(H,23,26). The number of aromatic nitrogens is 2. The number of carbonyl (C=O) groups excluding carboxylic acids is 1. The van der Waals surface area contributed by atoms with Crippen LogP contribution < -0.4 is 5.32 Å². The summed E-state index contributed by atoms with van der Waals surface area (Å²) in [5.74, 6) is -1.12. The lowest BCUT2D eigenvalue weighted by atomic mass is 10.1. The van der Waals surface area contributed by atoms with E-state index in [4.69, 9.17) is 11.6 Å². The molecule has 0 saturated carbocycles. The molecule has 0 bridgehead atoms. The summed E-state index contributed by atoms with van der Waals surface area (Å²) in [6.07, 6.45) is 0. The van der Waals surface area contributed by atoms with Crippen molar-refractivity contribution in [2.24, 2.45) is 0 Å². The van der Waals surface area contributed by atoms with Gasteiger partial charge in [0, 0.05) is 5.69 Å². The van der Waals surface area contributed by atoms with Gasteiger partial charge in [0.25, 0.3) is 5.91 Å². The molecule has 0 fully saturated rings. The first kappa shape index (κ1) is 18.1. The molecule has 1 N–H and O–H groups in total. The minimum absolute atomic E-state index is 0.184. The van der Waals surface area contributed by atoms with Crippen molar-refractivity contribution in [3.63, 3.8) is 0 Å². The van der Waals surface area contributed by atoms with Gasteiger partial charge in [-0.05, 0) is 55.3 Å². The Morgan fingerprint density at radius 3 is 2.42 bits per heavy atom. The average molecular weight is 376 g/mol. The molecule has 3 aromatic rings. The SMILES string of the molecule is Cc1cc(F)ccc1NC(=O)c1c(C)nn(Cc2ccc(F)cc2)c1Cl. The summed E-state index contributed by atoms with van der Waals surface area (Å²) in [5, 5.41) is 7.21. The maximum atomic E-state index is 13.2. The highest BCUT2D eigenvalue weighted by molar-refractivity contribution is 6.33. The predicted molar refractivity (Wildman–Crippen MR) is 96.6 cm³/mol. The van der Waals surface area contributed by atoms with Crippen molar-refractivity contribution in [3.05, 3.63) is 81.6 Å². The molecule has 26 heavy (non-hydrogen) atoms. The van der Waals surface area contributed by atoms with Gasteiger partial charge in [0.1, 0.15) is 16.8 Å². The zero-order valence-electron chi connectivity index (χ0n) is 14.2. The van der Waals surface area contributed by atoms with E-state index in [9.17, 15) is 13.6 Å². The number of amides is 1. The lowest BCUT2D eigenvalue weighted by molar-refractivity contribution is 0.102. The summed E-state index contributed by atoms with van der Waals surface area (Å²) in [4.78, 5) is 12.6. The van der Waals surface area contributed by atoms with Gasteiger partial charge in [-0.1, -0.05) is 23.7 Å². The van der Waals surface area contributed by atoms with Crippen molar-refractivity contribution in [3.8, 4) is 0 Å². The second kappa shape index (κ2) is 7.25. The number of nitrogens with zero attached hydrogens (tertiary/aromatic N) is 2. The third kappa shape index (κ3) is 3.75. The van der Waals surface area contributed by atoms with Crippen molar-refractivity contribution >= 4 is 23.2 Å². The molecule has 1 amide bonds. The Morgan fingerprint density at radius 1 is 1.12 bits per heavy atom. The van der Waals surface area contributed by atoms with Crippen LogP contribution in [0.5, 0.6) is 0 Å². The number of halogens is 3. The number of anilines is 1. The molecular weight excluding hydrogens is 360 g/mol. The van der Waals surface area contributed by atoms with E-state index in [1.165, 1.54) is 35.0 Å². The molecule has 4 nitrogen and oxygen atoms in total. The number of nitrogens with one attached hydrogen (secondary N) is 1. The molecule has 0 spiro atoms. The second-order valence-corrected chi connectivity index (χ2v) is 6.31. The van der Waals surface area contributed by atoms with Crippen molar-refractivity contribution < 1.29 is 13.6 Å². The van der Waals surface area contributed by atoms with Crippen molar-refractivity contribution in [1.29, 1.82) is 0 Å². The summed E-state index contributed by atoms with van der Waals surface area (Å²) < 4.78 is 27.7. The van der Waals surface area contributed by atoms with Crippen molar-refractivity contribution in [2.75, 3.05) is 5.32 Å². The lowest BCUT2D eigenvalue weighted by Crippen LogP contribution is -2.14. The largest absolute Gasteiger partial charge is 0.322 e. The predicted octanol–water partition coefficient (Wildman–Crippen LogP) is 4.73. The van der Waals surface area contributed by atoms with Gasteiger partial charge in [0.2, 0.25) is 0 Å². The van der Waals surface area contributed by atoms with Crippen molar-refractivity contribution in [2.45, 2.75) is 20.4 Å². The molecule has 0 aliphatic carbocycles. The molecule has 1 aromatic heterocycles. The maximum absolute atomic E-state index is 13.2. The molecule has 0 atom stereocenters. The molecule has 3 rings (SSSR count). The molecule has 134 valence electrons. The van der Waals surface area contributed by atoms with E-state index >= 15 is 0 Å². The van der Waals surface area contributed by atoms with Crippen LogP contribution in [0.1, 0.15) is 27.2 Å². The van der Waals surface area contributed by atoms with Crippen LogP contribution in [0.25, 0.3) is 0 Å². The summed E-state index contributed by atoms with van der Waals surface area (Å²) in [7, 11) is 0. The highest BCUT2D eigenvalue weighted by Gasteiger charge is 2.21. The van der Waals surface area contributed by atoms with Crippen LogP contribution in [0.3, 0.4) is 0 Å². The number of aryl methyl sites for hydroxylation is 2. The fraction of sp³-hybridized carbons (Fsp3) is 0.158. The van der Waals surface area contributed by atoms with Gasteiger partial charge in [-0.2, -0.15) is 5.10 Å². The molecule has 2 aromatic carbocycles. The molecule has 0 saturated heterocycles. The fourth-order valence-corrected chi connectivity index (χ4v) is 2.95.